The molecule has 162 valence electrons. The van der Waals surface area contributed by atoms with Gasteiger partial charge in [0.1, 0.15) is 6.10 Å². The maximum atomic E-state index is 12.4. The van der Waals surface area contributed by atoms with E-state index >= 15 is 0 Å². The number of carbonyl (C=O) groups is 3. The lowest BCUT2D eigenvalue weighted by Crippen LogP contribution is -2.49. The number of amides is 3. The monoisotopic (exact) mass is 440 g/mol. The molecule has 3 unspecified atom stereocenters. The van der Waals surface area contributed by atoms with Crippen LogP contribution in [0.3, 0.4) is 0 Å². The smallest absolute Gasteiger partial charge is 0.251 e. The van der Waals surface area contributed by atoms with Gasteiger partial charge in [-0.25, -0.2) is 0 Å². The molecule has 0 spiro atoms. The topological polar surface area (TPSA) is 75.7 Å². The first-order valence-corrected chi connectivity index (χ1v) is 10.9. The molecular weight excluding hydrogens is 416 g/mol. The van der Waals surface area contributed by atoms with E-state index < -0.39 is 12.0 Å². The molecule has 3 amide bonds. The van der Waals surface area contributed by atoms with E-state index in [4.69, 9.17) is 16.3 Å². The number of ether oxygens (including phenoxy) is 1. The van der Waals surface area contributed by atoms with E-state index in [0.717, 1.165) is 22.3 Å². The molecule has 6 nitrogen and oxygen atoms in total. The number of hydrogen-bond donors (Lipinski definition) is 1. The van der Waals surface area contributed by atoms with Crippen LogP contribution >= 0.6 is 11.6 Å². The lowest BCUT2D eigenvalue weighted by Gasteiger charge is -2.34. The number of rotatable bonds is 4. The molecule has 7 heteroatoms. The quantitative estimate of drug-likeness (QED) is 0.736. The highest BCUT2D eigenvalue weighted by Gasteiger charge is 2.31. The van der Waals surface area contributed by atoms with Gasteiger partial charge in [-0.15, -0.1) is 0 Å². The van der Waals surface area contributed by atoms with Crippen molar-refractivity contribution in [3.05, 3.63) is 58.6 Å². The van der Waals surface area contributed by atoms with E-state index in [1.165, 1.54) is 0 Å². The van der Waals surface area contributed by atoms with Gasteiger partial charge in [-0.1, -0.05) is 54.1 Å². The second kappa shape index (κ2) is 8.81. The standard InChI is InChI=1S/C24H25ClN2O4/c1-14-12-27(24(30)15(2)31-14)13-16-6-8-17(9-7-16)18-4-3-5-19(22(18)25)20-10-11-21(28)26-23(20)29/h3-9,14-15,20H,10-13H2,1-2H3,(H,26,28,29). The minimum absolute atomic E-state index is 0.00200. The van der Waals surface area contributed by atoms with Crippen molar-refractivity contribution in [1.82, 2.24) is 10.2 Å². The summed E-state index contributed by atoms with van der Waals surface area (Å²) < 4.78 is 5.58. The predicted octanol–water partition coefficient (Wildman–Crippen LogP) is 3.66. The number of hydrogen-bond acceptors (Lipinski definition) is 4. The van der Waals surface area contributed by atoms with Crippen molar-refractivity contribution >= 4 is 29.3 Å². The zero-order chi connectivity index (χ0) is 22.1. The third-order valence-corrected chi connectivity index (χ3v) is 6.28. The fourth-order valence-corrected chi connectivity index (χ4v) is 4.66. The van der Waals surface area contributed by atoms with Crippen LogP contribution in [0.4, 0.5) is 0 Å². The molecule has 0 radical (unpaired) electrons. The van der Waals surface area contributed by atoms with Crippen LogP contribution in [0.15, 0.2) is 42.5 Å². The Balaban J connectivity index is 1.54. The van der Waals surface area contributed by atoms with Crippen molar-refractivity contribution < 1.29 is 19.1 Å². The van der Waals surface area contributed by atoms with Crippen molar-refractivity contribution in [3.8, 4) is 11.1 Å². The van der Waals surface area contributed by atoms with E-state index in [2.05, 4.69) is 5.32 Å². The van der Waals surface area contributed by atoms with E-state index in [9.17, 15) is 14.4 Å². The number of imide groups is 1. The summed E-state index contributed by atoms with van der Waals surface area (Å²) in [6.45, 7) is 4.86. The van der Waals surface area contributed by atoms with Gasteiger partial charge in [0.2, 0.25) is 11.8 Å². The van der Waals surface area contributed by atoms with Gasteiger partial charge in [-0.05, 0) is 37.0 Å². The predicted molar refractivity (Wildman–Crippen MR) is 117 cm³/mol. The zero-order valence-corrected chi connectivity index (χ0v) is 18.3. The van der Waals surface area contributed by atoms with Crippen LogP contribution in [0.2, 0.25) is 5.02 Å². The number of carbonyl (C=O) groups excluding carboxylic acids is 3. The minimum atomic E-state index is -0.430. The number of morpholine rings is 1. The molecule has 0 aliphatic carbocycles. The molecule has 0 saturated carbocycles. The highest BCUT2D eigenvalue weighted by atomic mass is 35.5. The molecule has 1 N–H and O–H groups in total. The molecule has 3 atom stereocenters. The second-order valence-electron chi connectivity index (χ2n) is 8.22. The third kappa shape index (κ3) is 4.50. The Morgan fingerprint density at radius 2 is 1.84 bits per heavy atom. The van der Waals surface area contributed by atoms with E-state index in [1.54, 1.807) is 6.92 Å². The van der Waals surface area contributed by atoms with Crippen LogP contribution in [0.1, 0.15) is 43.7 Å². The summed E-state index contributed by atoms with van der Waals surface area (Å²) in [6, 6.07) is 13.6. The molecule has 31 heavy (non-hydrogen) atoms. The second-order valence-corrected chi connectivity index (χ2v) is 8.60. The molecule has 4 rings (SSSR count). The highest BCUT2D eigenvalue weighted by molar-refractivity contribution is 6.34. The Hall–Kier alpha value is -2.70. The number of nitrogens with zero attached hydrogens (tertiary/aromatic N) is 1. The Morgan fingerprint density at radius 3 is 2.55 bits per heavy atom. The first-order chi connectivity index (χ1) is 14.8. The van der Waals surface area contributed by atoms with Crippen LogP contribution in [0.25, 0.3) is 11.1 Å². The lowest BCUT2D eigenvalue weighted by molar-refractivity contribution is -0.159. The summed E-state index contributed by atoms with van der Waals surface area (Å²) >= 11 is 6.69. The van der Waals surface area contributed by atoms with Gasteiger partial charge in [0.15, 0.2) is 0 Å². The Morgan fingerprint density at radius 1 is 1.10 bits per heavy atom. The molecule has 2 saturated heterocycles. The molecule has 0 bridgehead atoms. The average Bonchev–Trinajstić information content (AvgIpc) is 2.73. The van der Waals surface area contributed by atoms with E-state index in [1.807, 2.05) is 54.3 Å². The first-order valence-electron chi connectivity index (χ1n) is 10.5. The number of nitrogens with one attached hydrogen (secondary N) is 1. The van der Waals surface area contributed by atoms with Gasteiger partial charge in [-0.3, -0.25) is 19.7 Å². The van der Waals surface area contributed by atoms with Gasteiger partial charge in [-0.2, -0.15) is 0 Å². The van der Waals surface area contributed by atoms with Crippen LogP contribution in [-0.4, -0.2) is 41.4 Å². The van der Waals surface area contributed by atoms with Crippen molar-refractivity contribution in [2.45, 2.75) is 51.4 Å². The summed E-state index contributed by atoms with van der Waals surface area (Å²) in [5.74, 6) is -0.973. The summed E-state index contributed by atoms with van der Waals surface area (Å²) in [4.78, 5) is 37.9. The minimum Gasteiger partial charge on any atom is -0.364 e. The van der Waals surface area contributed by atoms with Crippen LogP contribution in [0, 0.1) is 0 Å². The van der Waals surface area contributed by atoms with Gasteiger partial charge in [0.25, 0.3) is 5.91 Å². The first kappa shape index (κ1) is 21.5. The van der Waals surface area contributed by atoms with Crippen molar-refractivity contribution in [2.75, 3.05) is 6.54 Å². The highest BCUT2D eigenvalue weighted by Crippen LogP contribution is 2.37. The zero-order valence-electron chi connectivity index (χ0n) is 17.6. The molecule has 2 aliphatic heterocycles. The molecular formula is C24H25ClN2O4. The molecule has 2 heterocycles. The SMILES string of the molecule is CC1CN(Cc2ccc(-c3cccc(C4CCC(=O)NC4=O)c3Cl)cc2)C(=O)C(C)O1. The number of benzene rings is 2. The largest absolute Gasteiger partial charge is 0.364 e. The number of piperidine rings is 1. The number of halogens is 1. The van der Waals surface area contributed by atoms with Crippen molar-refractivity contribution in [2.24, 2.45) is 0 Å². The maximum absolute atomic E-state index is 12.4. The van der Waals surface area contributed by atoms with Crippen molar-refractivity contribution in [3.63, 3.8) is 0 Å². The van der Waals surface area contributed by atoms with E-state index in [-0.39, 0.29) is 23.8 Å². The van der Waals surface area contributed by atoms with Crippen molar-refractivity contribution in [1.29, 1.82) is 0 Å². The Bertz CT molecular complexity index is 1020. The van der Waals surface area contributed by atoms with E-state index in [0.29, 0.717) is 31.0 Å². The molecule has 2 aromatic carbocycles. The molecule has 0 aromatic heterocycles. The summed E-state index contributed by atoms with van der Waals surface area (Å²) in [6.07, 6.45) is 0.359. The van der Waals surface area contributed by atoms with Gasteiger partial charge in [0.05, 0.1) is 17.0 Å². The van der Waals surface area contributed by atoms with Crippen LogP contribution in [-0.2, 0) is 25.7 Å². The maximum Gasteiger partial charge on any atom is 0.251 e. The summed E-state index contributed by atoms with van der Waals surface area (Å²) in [7, 11) is 0. The lowest BCUT2D eigenvalue weighted by atomic mass is 9.88. The average molecular weight is 441 g/mol. The molecule has 2 fully saturated rings. The molecule has 2 aliphatic rings. The summed E-state index contributed by atoms with van der Waals surface area (Å²) in [5.41, 5.74) is 3.52. The van der Waals surface area contributed by atoms with Gasteiger partial charge >= 0.3 is 0 Å². The fraction of sp³-hybridized carbons (Fsp3) is 0.375. The van der Waals surface area contributed by atoms with Crippen LogP contribution < -0.4 is 5.32 Å². The summed E-state index contributed by atoms with van der Waals surface area (Å²) in [5, 5.41) is 2.92. The molecule has 2 aromatic rings. The van der Waals surface area contributed by atoms with Gasteiger partial charge in [0, 0.05) is 25.1 Å². The Kier molecular flexibility index (Phi) is 6.12. The normalized spacial score (nSPS) is 24.3. The van der Waals surface area contributed by atoms with Crippen LogP contribution in [0.5, 0.6) is 0 Å². The third-order valence-electron chi connectivity index (χ3n) is 5.85. The fourth-order valence-electron chi connectivity index (χ4n) is 4.29. The Labute approximate surface area is 186 Å². The van der Waals surface area contributed by atoms with Gasteiger partial charge < -0.3 is 9.64 Å².